The van der Waals surface area contributed by atoms with E-state index < -0.39 is 5.82 Å². The second-order valence-electron chi connectivity index (χ2n) is 11.4. The van der Waals surface area contributed by atoms with Crippen molar-refractivity contribution in [2.45, 2.75) is 57.7 Å². The van der Waals surface area contributed by atoms with Crippen LogP contribution in [0.15, 0.2) is 30.7 Å². The first-order chi connectivity index (χ1) is 18.2. The lowest BCUT2D eigenvalue weighted by Crippen LogP contribution is -2.61. The van der Waals surface area contributed by atoms with Gasteiger partial charge in [-0.15, -0.1) is 12.4 Å². The van der Waals surface area contributed by atoms with E-state index in [2.05, 4.69) is 19.8 Å². The van der Waals surface area contributed by atoms with Crippen LogP contribution in [0.1, 0.15) is 49.9 Å². The number of aromatic nitrogens is 2. The molecule has 5 rings (SSSR count). The van der Waals surface area contributed by atoms with Gasteiger partial charge in [-0.05, 0) is 70.8 Å². The number of carbonyl (C=O) groups excluding carboxylic acids is 1. The largest absolute Gasteiger partial charge is 0.451 e. The molecule has 0 unspecified atom stereocenters. The minimum Gasteiger partial charge on any atom is -0.451 e. The summed E-state index contributed by atoms with van der Waals surface area (Å²) in [6.45, 7) is 9.40. The molecule has 3 aliphatic heterocycles. The number of ether oxygens (including phenoxy) is 2. The Morgan fingerprint density at radius 2 is 2.00 bits per heavy atom. The Morgan fingerprint density at radius 3 is 2.67 bits per heavy atom. The summed E-state index contributed by atoms with van der Waals surface area (Å²) in [4.78, 5) is 28.0. The third kappa shape index (κ3) is 6.62. The van der Waals surface area contributed by atoms with Gasteiger partial charge in [0.15, 0.2) is 11.6 Å². The molecule has 0 saturated carbocycles. The summed E-state index contributed by atoms with van der Waals surface area (Å²) < 4.78 is 26.2. The molecule has 4 heterocycles. The number of amides is 1. The monoisotopic (exact) mass is 562 g/mol. The highest BCUT2D eigenvalue weighted by Gasteiger charge is 2.46. The number of nitrogens with two attached hydrogens (primary N) is 1. The van der Waals surface area contributed by atoms with Crippen LogP contribution in [0.4, 0.5) is 10.2 Å². The molecular weight excluding hydrogens is 523 g/mol. The van der Waals surface area contributed by atoms with E-state index in [0.717, 1.165) is 58.4 Å². The van der Waals surface area contributed by atoms with Crippen LogP contribution >= 0.6 is 12.4 Å². The van der Waals surface area contributed by atoms with Gasteiger partial charge in [-0.25, -0.2) is 14.4 Å². The maximum absolute atomic E-state index is 14.1. The highest BCUT2D eigenvalue weighted by Crippen LogP contribution is 2.45. The SMILES string of the molecule is CC(C)N(C)C(=O)c1cc(F)ccc1Oc1cncnc1N1CC2(CCN(C[C@@H]3CC[C@@H](N)CO3)CC2)C1.Cl. The maximum atomic E-state index is 14.1. The first kappa shape index (κ1) is 29.5. The summed E-state index contributed by atoms with van der Waals surface area (Å²) in [5.41, 5.74) is 6.40. The average molecular weight is 563 g/mol. The molecule has 1 aromatic carbocycles. The second kappa shape index (κ2) is 12.3. The Bertz CT molecular complexity index is 1130. The minimum absolute atomic E-state index is 0. The first-order valence-corrected chi connectivity index (χ1v) is 13.6. The fourth-order valence-corrected chi connectivity index (χ4v) is 5.62. The number of likely N-dealkylation sites (tertiary alicyclic amines) is 1. The van der Waals surface area contributed by atoms with Gasteiger partial charge in [-0.1, -0.05) is 0 Å². The van der Waals surface area contributed by atoms with E-state index in [1.165, 1.54) is 24.5 Å². The Hall–Kier alpha value is -2.53. The van der Waals surface area contributed by atoms with E-state index >= 15 is 0 Å². The third-order valence-corrected chi connectivity index (χ3v) is 8.28. The van der Waals surface area contributed by atoms with Crippen molar-refractivity contribution in [3.63, 3.8) is 0 Å². The van der Waals surface area contributed by atoms with E-state index in [-0.39, 0.29) is 47.1 Å². The Balaban J connectivity index is 0.00000353. The zero-order valence-electron chi connectivity index (χ0n) is 23.0. The van der Waals surface area contributed by atoms with Crippen molar-refractivity contribution in [2.24, 2.45) is 11.1 Å². The number of hydrogen-bond acceptors (Lipinski definition) is 8. The third-order valence-electron chi connectivity index (χ3n) is 8.28. The highest BCUT2D eigenvalue weighted by molar-refractivity contribution is 5.97. The molecule has 214 valence electrons. The van der Waals surface area contributed by atoms with Gasteiger partial charge in [-0.3, -0.25) is 4.79 Å². The van der Waals surface area contributed by atoms with Gasteiger partial charge < -0.3 is 29.9 Å². The number of anilines is 1. The second-order valence-corrected chi connectivity index (χ2v) is 11.4. The van der Waals surface area contributed by atoms with Crippen molar-refractivity contribution in [1.82, 2.24) is 19.8 Å². The zero-order valence-corrected chi connectivity index (χ0v) is 23.8. The zero-order chi connectivity index (χ0) is 26.9. The van der Waals surface area contributed by atoms with Crippen LogP contribution in [0.25, 0.3) is 0 Å². The lowest BCUT2D eigenvalue weighted by Gasteiger charge is -2.54. The molecule has 3 aliphatic rings. The molecule has 0 aliphatic carbocycles. The number of nitrogens with zero attached hydrogens (tertiary/aromatic N) is 5. The predicted molar refractivity (Wildman–Crippen MR) is 150 cm³/mol. The molecule has 1 amide bonds. The predicted octanol–water partition coefficient (Wildman–Crippen LogP) is 3.72. The van der Waals surface area contributed by atoms with Gasteiger partial charge in [0.25, 0.3) is 5.91 Å². The quantitative estimate of drug-likeness (QED) is 0.545. The lowest BCUT2D eigenvalue weighted by molar-refractivity contribution is -0.0277. The first-order valence-electron chi connectivity index (χ1n) is 13.6. The maximum Gasteiger partial charge on any atom is 0.257 e. The summed E-state index contributed by atoms with van der Waals surface area (Å²) in [6.07, 6.45) is 7.77. The molecule has 1 aromatic heterocycles. The summed E-state index contributed by atoms with van der Waals surface area (Å²) in [5, 5.41) is 0. The van der Waals surface area contributed by atoms with E-state index in [1.54, 1.807) is 18.1 Å². The summed E-state index contributed by atoms with van der Waals surface area (Å²) in [5.74, 6) is 0.649. The number of hydrogen-bond donors (Lipinski definition) is 1. The standard InChI is InChI=1S/C28H39FN6O3.ClH/c1-19(2)33(3)27(36)23-12-20(29)4-7-24(23)38-25-13-31-18-32-26(25)35-16-28(17-35)8-10-34(11-9-28)14-22-6-5-21(30)15-37-22;/h4,7,12-13,18-19,21-22H,5-6,8-11,14-17,30H2,1-3H3;1H/t21-,22+;/m1./s1. The van der Waals surface area contributed by atoms with Crippen LogP contribution < -0.4 is 15.4 Å². The molecule has 3 fully saturated rings. The molecule has 3 saturated heterocycles. The summed E-state index contributed by atoms with van der Waals surface area (Å²) in [7, 11) is 1.70. The molecule has 1 spiro atoms. The molecule has 39 heavy (non-hydrogen) atoms. The molecule has 9 nitrogen and oxygen atoms in total. The van der Waals surface area contributed by atoms with Gasteiger partial charge in [0, 0.05) is 44.2 Å². The van der Waals surface area contributed by atoms with E-state index in [0.29, 0.717) is 24.3 Å². The topological polar surface area (TPSA) is 97.1 Å². The van der Waals surface area contributed by atoms with E-state index in [9.17, 15) is 9.18 Å². The Kier molecular flexibility index (Phi) is 9.31. The molecule has 11 heteroatoms. The van der Waals surface area contributed by atoms with E-state index in [4.69, 9.17) is 15.2 Å². The Morgan fingerprint density at radius 1 is 1.26 bits per heavy atom. The van der Waals surface area contributed by atoms with E-state index in [1.807, 2.05) is 13.8 Å². The number of rotatable bonds is 7. The lowest BCUT2D eigenvalue weighted by atomic mass is 9.72. The van der Waals surface area contributed by atoms with Gasteiger partial charge in [0.05, 0.1) is 24.5 Å². The number of carbonyl (C=O) groups is 1. The van der Waals surface area contributed by atoms with Crippen molar-refractivity contribution in [1.29, 1.82) is 0 Å². The van der Waals surface area contributed by atoms with Gasteiger partial charge in [0.1, 0.15) is 17.9 Å². The number of benzene rings is 1. The molecule has 0 radical (unpaired) electrons. The number of halogens is 2. The van der Waals surface area contributed by atoms with Crippen LogP contribution in [0, 0.1) is 11.2 Å². The molecule has 2 atom stereocenters. The number of piperidine rings is 1. The smallest absolute Gasteiger partial charge is 0.257 e. The average Bonchev–Trinajstić information content (AvgIpc) is 2.90. The summed E-state index contributed by atoms with van der Waals surface area (Å²) in [6, 6.07) is 4.16. The van der Waals surface area contributed by atoms with Crippen LogP contribution in [0.3, 0.4) is 0 Å². The minimum atomic E-state index is -0.489. The van der Waals surface area contributed by atoms with Gasteiger partial charge in [-0.2, -0.15) is 0 Å². The Labute approximate surface area is 236 Å². The normalized spacial score (nSPS) is 22.8. The van der Waals surface area contributed by atoms with Crippen molar-refractivity contribution >= 4 is 24.1 Å². The van der Waals surface area contributed by atoms with Crippen LogP contribution in [-0.2, 0) is 4.74 Å². The summed E-state index contributed by atoms with van der Waals surface area (Å²) >= 11 is 0. The van der Waals surface area contributed by atoms with Crippen molar-refractivity contribution in [2.75, 3.05) is 51.3 Å². The van der Waals surface area contributed by atoms with Crippen molar-refractivity contribution < 1.29 is 18.7 Å². The van der Waals surface area contributed by atoms with Crippen LogP contribution in [0.2, 0.25) is 0 Å². The molecule has 2 aromatic rings. The molecule has 0 bridgehead atoms. The van der Waals surface area contributed by atoms with Crippen molar-refractivity contribution in [3.05, 3.63) is 42.1 Å². The molecule has 2 N–H and O–H groups in total. The van der Waals surface area contributed by atoms with Gasteiger partial charge in [0.2, 0.25) is 0 Å². The van der Waals surface area contributed by atoms with Crippen LogP contribution in [-0.4, -0.2) is 90.2 Å². The molecular formula is C28H40ClFN6O3. The van der Waals surface area contributed by atoms with Crippen LogP contribution in [0.5, 0.6) is 11.5 Å². The fraction of sp³-hybridized carbons (Fsp3) is 0.607. The van der Waals surface area contributed by atoms with Gasteiger partial charge >= 0.3 is 0 Å². The fourth-order valence-electron chi connectivity index (χ4n) is 5.62. The van der Waals surface area contributed by atoms with Crippen molar-refractivity contribution in [3.8, 4) is 11.5 Å². The highest BCUT2D eigenvalue weighted by atomic mass is 35.5.